The van der Waals surface area contributed by atoms with Crippen molar-refractivity contribution >= 4 is 35.4 Å². The van der Waals surface area contributed by atoms with E-state index in [0.717, 1.165) is 17.0 Å². The van der Waals surface area contributed by atoms with Crippen LogP contribution in [0.15, 0.2) is 47.4 Å². The van der Waals surface area contributed by atoms with E-state index >= 15 is 0 Å². The number of morpholine rings is 1. The predicted molar refractivity (Wildman–Crippen MR) is 113 cm³/mol. The number of carbonyl (C=O) groups excluding carboxylic acids is 1. The van der Waals surface area contributed by atoms with E-state index in [1.54, 1.807) is 28.6 Å². The molecule has 0 unspecified atom stereocenters. The summed E-state index contributed by atoms with van der Waals surface area (Å²) in [7, 11) is 0. The highest BCUT2D eigenvalue weighted by Crippen LogP contribution is 2.25. The van der Waals surface area contributed by atoms with Gasteiger partial charge in [-0.25, -0.2) is 9.18 Å². The summed E-state index contributed by atoms with van der Waals surface area (Å²) in [5.41, 5.74) is 1.11. The fraction of sp³-hybridized carbons (Fsp3) is 0.333. The number of hydrogen-bond acceptors (Lipinski definition) is 5. The molecule has 2 aromatic carbocycles. The van der Waals surface area contributed by atoms with Crippen LogP contribution in [0.2, 0.25) is 5.02 Å². The number of carboxylic acids is 1. The van der Waals surface area contributed by atoms with Gasteiger partial charge in [0.05, 0.1) is 29.8 Å². The number of nitrogens with zero attached hydrogens (tertiary/aromatic N) is 2. The summed E-state index contributed by atoms with van der Waals surface area (Å²) in [6, 6.07) is 11.1. The monoisotopic (exact) mass is 452 g/mol. The van der Waals surface area contributed by atoms with Crippen LogP contribution in [0.3, 0.4) is 0 Å². The number of carbonyl (C=O) groups is 2. The minimum atomic E-state index is -0.992. The third kappa shape index (κ3) is 6.18. The molecule has 0 bridgehead atoms. The smallest absolute Gasteiger partial charge is 0.335 e. The van der Waals surface area contributed by atoms with Crippen molar-refractivity contribution in [1.29, 1.82) is 0 Å². The third-order valence-electron chi connectivity index (χ3n) is 4.65. The van der Waals surface area contributed by atoms with E-state index in [4.69, 9.17) is 21.4 Å². The fourth-order valence-corrected chi connectivity index (χ4v) is 4.22. The van der Waals surface area contributed by atoms with Gasteiger partial charge < -0.3 is 9.84 Å². The van der Waals surface area contributed by atoms with Gasteiger partial charge in [0.2, 0.25) is 5.91 Å². The maximum absolute atomic E-state index is 13.4. The van der Waals surface area contributed by atoms with E-state index in [1.165, 1.54) is 37.1 Å². The molecule has 0 aliphatic carbocycles. The molecular formula is C21H22ClFN2O4S. The Labute approximate surface area is 183 Å². The maximum Gasteiger partial charge on any atom is 0.335 e. The summed E-state index contributed by atoms with van der Waals surface area (Å²) < 4.78 is 20.8. The second-order valence-electron chi connectivity index (χ2n) is 6.98. The standard InChI is InChI=1S/C21H22ClFN2O4S/c1-14(26)25(30-18-5-3-16(4-6-18)21(27)28)13-17-12-24(8-9-29-17)11-15-2-7-20(23)19(22)10-15/h2-7,10,17H,8-9,11-13H2,1H3,(H,27,28)/t17-/m0/s1. The van der Waals surface area contributed by atoms with Crippen molar-refractivity contribution in [1.82, 2.24) is 9.21 Å². The molecule has 1 amide bonds. The molecule has 1 atom stereocenters. The minimum Gasteiger partial charge on any atom is -0.478 e. The SMILES string of the molecule is CC(=O)N(C[C@@H]1CN(Cc2ccc(F)c(Cl)c2)CCO1)Sc1ccc(C(=O)O)cc1. The summed E-state index contributed by atoms with van der Waals surface area (Å²) >= 11 is 7.12. The average Bonchev–Trinajstić information content (AvgIpc) is 2.71. The first-order valence-corrected chi connectivity index (χ1v) is 10.5. The van der Waals surface area contributed by atoms with Gasteiger partial charge in [-0.3, -0.25) is 14.0 Å². The van der Waals surface area contributed by atoms with Gasteiger partial charge in [-0.05, 0) is 53.9 Å². The van der Waals surface area contributed by atoms with Crippen molar-refractivity contribution in [2.45, 2.75) is 24.5 Å². The average molecular weight is 453 g/mol. The van der Waals surface area contributed by atoms with E-state index in [9.17, 15) is 14.0 Å². The van der Waals surface area contributed by atoms with Crippen LogP contribution in [0.25, 0.3) is 0 Å². The van der Waals surface area contributed by atoms with Gasteiger partial charge in [-0.15, -0.1) is 0 Å². The highest BCUT2D eigenvalue weighted by molar-refractivity contribution is 7.97. The van der Waals surface area contributed by atoms with Crippen LogP contribution in [-0.4, -0.2) is 58.5 Å². The van der Waals surface area contributed by atoms with Crippen molar-refractivity contribution in [3.63, 3.8) is 0 Å². The van der Waals surface area contributed by atoms with Gasteiger partial charge >= 0.3 is 5.97 Å². The van der Waals surface area contributed by atoms with Crippen LogP contribution in [0.4, 0.5) is 4.39 Å². The largest absolute Gasteiger partial charge is 0.478 e. The molecule has 1 aliphatic heterocycles. The first-order chi connectivity index (χ1) is 14.3. The molecule has 0 saturated carbocycles. The van der Waals surface area contributed by atoms with E-state index in [2.05, 4.69) is 4.90 Å². The Morgan fingerprint density at radius 3 is 2.67 bits per heavy atom. The van der Waals surface area contributed by atoms with Crippen LogP contribution in [0.1, 0.15) is 22.8 Å². The highest BCUT2D eigenvalue weighted by atomic mass is 35.5. The Morgan fingerprint density at radius 1 is 1.30 bits per heavy atom. The second-order valence-corrected chi connectivity index (χ2v) is 8.48. The number of ether oxygens (including phenoxy) is 1. The molecule has 0 spiro atoms. The molecule has 3 rings (SSSR count). The molecule has 1 aliphatic rings. The van der Waals surface area contributed by atoms with Crippen molar-refractivity contribution in [3.05, 3.63) is 64.4 Å². The Kier molecular flexibility index (Phi) is 7.71. The Balaban J connectivity index is 1.59. The van der Waals surface area contributed by atoms with Crippen molar-refractivity contribution < 1.29 is 23.8 Å². The lowest BCUT2D eigenvalue weighted by Gasteiger charge is -2.35. The van der Waals surface area contributed by atoms with E-state index in [-0.39, 0.29) is 22.6 Å². The Morgan fingerprint density at radius 2 is 2.03 bits per heavy atom. The summed E-state index contributed by atoms with van der Waals surface area (Å²) in [5, 5.41) is 9.11. The lowest BCUT2D eigenvalue weighted by Crippen LogP contribution is -2.46. The first kappa shape index (κ1) is 22.6. The molecular weight excluding hydrogens is 431 g/mol. The zero-order valence-electron chi connectivity index (χ0n) is 16.4. The molecule has 0 aromatic heterocycles. The number of rotatable bonds is 7. The number of benzene rings is 2. The molecule has 1 fully saturated rings. The lowest BCUT2D eigenvalue weighted by molar-refractivity contribution is -0.126. The van der Waals surface area contributed by atoms with Gasteiger partial charge in [0.1, 0.15) is 5.82 Å². The molecule has 2 aromatic rings. The summed E-state index contributed by atoms with van der Waals surface area (Å²) in [6.45, 7) is 4.38. The van der Waals surface area contributed by atoms with Crippen molar-refractivity contribution in [2.24, 2.45) is 0 Å². The van der Waals surface area contributed by atoms with Crippen LogP contribution < -0.4 is 0 Å². The van der Waals surface area contributed by atoms with Gasteiger partial charge in [0, 0.05) is 31.5 Å². The predicted octanol–water partition coefficient (Wildman–Crippen LogP) is 3.93. The summed E-state index contributed by atoms with van der Waals surface area (Å²) in [5.74, 6) is -1.55. The third-order valence-corrected chi connectivity index (χ3v) is 6.05. The number of aromatic carboxylic acids is 1. The minimum absolute atomic E-state index is 0.102. The highest BCUT2D eigenvalue weighted by Gasteiger charge is 2.25. The number of hydrogen-bond donors (Lipinski definition) is 1. The molecule has 30 heavy (non-hydrogen) atoms. The molecule has 160 valence electrons. The molecule has 0 radical (unpaired) electrons. The molecule has 9 heteroatoms. The van der Waals surface area contributed by atoms with Crippen LogP contribution in [0, 0.1) is 5.82 Å². The maximum atomic E-state index is 13.4. The fourth-order valence-electron chi connectivity index (χ4n) is 3.13. The van der Waals surface area contributed by atoms with E-state index in [0.29, 0.717) is 26.2 Å². The van der Waals surface area contributed by atoms with Gasteiger partial charge in [0.15, 0.2) is 0 Å². The number of carboxylic acid groups (broad SMARTS) is 1. The summed E-state index contributed by atoms with van der Waals surface area (Å²) in [4.78, 5) is 26.1. The first-order valence-electron chi connectivity index (χ1n) is 9.39. The molecule has 6 nitrogen and oxygen atoms in total. The van der Waals surface area contributed by atoms with Crippen LogP contribution in [-0.2, 0) is 16.1 Å². The van der Waals surface area contributed by atoms with Gasteiger partial charge in [0.25, 0.3) is 0 Å². The number of halogens is 2. The van der Waals surface area contributed by atoms with E-state index in [1.807, 2.05) is 0 Å². The lowest BCUT2D eigenvalue weighted by atomic mass is 10.2. The normalized spacial score (nSPS) is 17.0. The zero-order chi connectivity index (χ0) is 21.7. The van der Waals surface area contributed by atoms with Crippen molar-refractivity contribution in [3.8, 4) is 0 Å². The Hall–Kier alpha value is -2.13. The Bertz CT molecular complexity index is 912. The molecule has 1 N–H and O–H groups in total. The second kappa shape index (κ2) is 10.3. The zero-order valence-corrected chi connectivity index (χ0v) is 18.0. The van der Waals surface area contributed by atoms with Crippen LogP contribution >= 0.6 is 23.5 Å². The van der Waals surface area contributed by atoms with Gasteiger partial charge in [-0.1, -0.05) is 17.7 Å². The van der Waals surface area contributed by atoms with Crippen LogP contribution in [0.5, 0.6) is 0 Å². The topological polar surface area (TPSA) is 70.1 Å². The molecule has 1 heterocycles. The van der Waals surface area contributed by atoms with Gasteiger partial charge in [-0.2, -0.15) is 0 Å². The molecule has 1 saturated heterocycles. The summed E-state index contributed by atoms with van der Waals surface area (Å²) in [6.07, 6.45) is -0.177. The van der Waals surface area contributed by atoms with Crippen molar-refractivity contribution in [2.75, 3.05) is 26.2 Å². The van der Waals surface area contributed by atoms with E-state index < -0.39 is 11.8 Å². The quantitative estimate of drug-likeness (QED) is 0.642. The number of amides is 1.